The largest absolute Gasteiger partial charge is 1.00 e. The number of aromatic nitrogens is 2. The molecule has 0 bridgehead atoms. The van der Waals surface area contributed by atoms with Crippen LogP contribution in [0.2, 0.25) is 0 Å². The molecule has 0 spiro atoms. The molecule has 0 amide bonds. The van der Waals surface area contributed by atoms with Crippen molar-refractivity contribution in [3.63, 3.8) is 0 Å². The number of nitrogens with zero attached hydrogens (tertiary/aromatic N) is 2. The molecule has 1 aromatic heterocycles. The molecule has 1 heterocycles. The molecule has 0 saturated carbocycles. The lowest BCUT2D eigenvalue weighted by molar-refractivity contribution is -0.0498. The Labute approximate surface area is 160 Å². The van der Waals surface area contributed by atoms with Crippen LogP contribution in [0, 0.1) is 0 Å². The number of rotatable bonds is 8. The number of hydrogen-bond donors (Lipinski definition) is 2. The van der Waals surface area contributed by atoms with E-state index in [1.165, 1.54) is 24.3 Å². The van der Waals surface area contributed by atoms with E-state index in [-0.39, 0.29) is 37.1 Å². The number of carbonyl (C=O) groups excluding carboxylic acids is 1. The van der Waals surface area contributed by atoms with Gasteiger partial charge in [-0.3, -0.25) is 4.79 Å². The summed E-state index contributed by atoms with van der Waals surface area (Å²) in [6.07, 6.45) is 0. The predicted molar refractivity (Wildman–Crippen MR) is 92.7 cm³/mol. The first kappa shape index (κ1) is 20.6. The van der Waals surface area contributed by atoms with E-state index in [9.17, 15) is 13.6 Å². The van der Waals surface area contributed by atoms with Crippen LogP contribution < -0.4 is 22.5 Å². The van der Waals surface area contributed by atoms with Gasteiger partial charge >= 0.3 is 6.61 Å². The third-order valence-corrected chi connectivity index (χ3v) is 3.75. The van der Waals surface area contributed by atoms with E-state index in [0.29, 0.717) is 18.1 Å². The highest BCUT2D eigenvalue weighted by Gasteiger charge is 2.15. The average Bonchev–Trinajstić information content (AvgIpc) is 2.97. The maximum atomic E-state index is 12.6. The van der Waals surface area contributed by atoms with Crippen LogP contribution in [0.5, 0.6) is 5.75 Å². The highest BCUT2D eigenvalue weighted by Crippen LogP contribution is 2.21. The van der Waals surface area contributed by atoms with Crippen molar-refractivity contribution in [3.05, 3.63) is 54.1 Å². The van der Waals surface area contributed by atoms with Crippen LogP contribution in [0.4, 0.5) is 14.7 Å². The number of aliphatic hydroxyl groups excluding tert-OH is 1. The monoisotopic (exact) mass is 396 g/mol. The Morgan fingerprint density at radius 3 is 2.56 bits per heavy atom. The van der Waals surface area contributed by atoms with Crippen molar-refractivity contribution in [2.45, 2.75) is 13.2 Å². The molecule has 2 aromatic carbocycles. The smallest absolute Gasteiger partial charge is 0.387 e. The van der Waals surface area contributed by atoms with Crippen molar-refractivity contribution in [2.24, 2.45) is 0 Å². The molecular weight excluding hydrogens is 380 g/mol. The normalized spacial score (nSPS) is 10.7. The number of hydrogen-bond acceptors (Lipinski definition) is 5. The number of imidazole rings is 1. The number of ketones is 1. The fraction of sp³-hybridized carbons (Fsp3) is 0.222. The van der Waals surface area contributed by atoms with Gasteiger partial charge in [-0.2, -0.15) is 8.78 Å². The van der Waals surface area contributed by atoms with Gasteiger partial charge in [-0.25, -0.2) is 4.98 Å². The van der Waals surface area contributed by atoms with Crippen molar-refractivity contribution in [1.29, 1.82) is 0 Å². The lowest BCUT2D eigenvalue weighted by Gasteiger charge is -2.10. The number of ether oxygens (including phenoxy) is 1. The Balaban J connectivity index is 0.00000261. The lowest BCUT2D eigenvalue weighted by atomic mass is 10.1. The molecular formula is C18H17ClF2N3O3-. The molecule has 27 heavy (non-hydrogen) atoms. The van der Waals surface area contributed by atoms with Crippen molar-refractivity contribution in [2.75, 3.05) is 18.5 Å². The molecule has 0 saturated heterocycles. The van der Waals surface area contributed by atoms with Gasteiger partial charge < -0.3 is 32.1 Å². The number of fused-ring (bicyclic) bond motifs is 1. The van der Waals surface area contributed by atoms with Gasteiger partial charge in [0.15, 0.2) is 5.78 Å². The van der Waals surface area contributed by atoms with Crippen LogP contribution in [0.3, 0.4) is 0 Å². The van der Waals surface area contributed by atoms with E-state index in [2.05, 4.69) is 15.0 Å². The van der Waals surface area contributed by atoms with E-state index >= 15 is 0 Å². The van der Waals surface area contributed by atoms with Crippen LogP contribution in [-0.4, -0.2) is 40.2 Å². The van der Waals surface area contributed by atoms with Gasteiger partial charge in [0.2, 0.25) is 5.95 Å². The summed E-state index contributed by atoms with van der Waals surface area (Å²) in [6, 6.07) is 12.9. The summed E-state index contributed by atoms with van der Waals surface area (Å²) in [4.78, 5) is 17.0. The van der Waals surface area contributed by atoms with Gasteiger partial charge in [0.1, 0.15) is 5.75 Å². The van der Waals surface area contributed by atoms with E-state index in [1.807, 2.05) is 24.3 Å². The first-order chi connectivity index (χ1) is 12.6. The van der Waals surface area contributed by atoms with E-state index < -0.39 is 6.61 Å². The highest BCUT2D eigenvalue weighted by atomic mass is 35.5. The van der Waals surface area contributed by atoms with E-state index in [4.69, 9.17) is 5.11 Å². The summed E-state index contributed by atoms with van der Waals surface area (Å²) in [6.45, 7) is -2.66. The van der Waals surface area contributed by atoms with Crippen molar-refractivity contribution in [3.8, 4) is 5.75 Å². The van der Waals surface area contributed by atoms with Crippen LogP contribution >= 0.6 is 0 Å². The second-order valence-electron chi connectivity index (χ2n) is 5.49. The Kier molecular flexibility index (Phi) is 7.09. The number of nitrogens with one attached hydrogen (secondary N) is 1. The number of aliphatic hydroxyl groups is 1. The molecule has 3 rings (SSSR count). The Hall–Kier alpha value is -2.71. The van der Waals surface area contributed by atoms with Gasteiger partial charge in [-0.15, -0.1) is 0 Å². The summed E-state index contributed by atoms with van der Waals surface area (Å²) >= 11 is 0. The van der Waals surface area contributed by atoms with Gasteiger partial charge in [0.25, 0.3) is 0 Å². The van der Waals surface area contributed by atoms with Crippen molar-refractivity contribution >= 4 is 22.8 Å². The van der Waals surface area contributed by atoms with Crippen molar-refractivity contribution in [1.82, 2.24) is 9.55 Å². The van der Waals surface area contributed by atoms with Crippen LogP contribution in [0.15, 0.2) is 48.5 Å². The Bertz CT molecular complexity index is 901. The molecule has 0 fully saturated rings. The van der Waals surface area contributed by atoms with Crippen LogP contribution in [-0.2, 0) is 6.54 Å². The summed E-state index contributed by atoms with van der Waals surface area (Å²) in [5, 5.41) is 12.0. The molecule has 0 aliphatic heterocycles. The maximum Gasteiger partial charge on any atom is 0.387 e. The minimum atomic E-state index is -2.91. The van der Waals surface area contributed by atoms with Crippen LogP contribution in [0.25, 0.3) is 11.0 Å². The average molecular weight is 397 g/mol. The van der Waals surface area contributed by atoms with E-state index in [1.54, 1.807) is 4.57 Å². The number of benzene rings is 2. The number of carbonyl (C=O) groups is 1. The minimum absolute atomic E-state index is 0. The Morgan fingerprint density at radius 1 is 1.19 bits per heavy atom. The zero-order valence-corrected chi connectivity index (χ0v) is 14.9. The number of para-hydroxylation sites is 2. The summed E-state index contributed by atoms with van der Waals surface area (Å²) < 4.78 is 30.4. The molecule has 0 aliphatic rings. The number of halogens is 3. The molecule has 3 aromatic rings. The molecule has 144 valence electrons. The third-order valence-electron chi connectivity index (χ3n) is 3.75. The van der Waals surface area contributed by atoms with E-state index in [0.717, 1.165) is 11.0 Å². The summed E-state index contributed by atoms with van der Waals surface area (Å²) in [7, 11) is 0. The van der Waals surface area contributed by atoms with Gasteiger partial charge in [-0.1, -0.05) is 12.1 Å². The van der Waals surface area contributed by atoms with Crippen LogP contribution in [0.1, 0.15) is 10.4 Å². The first-order valence-corrected chi connectivity index (χ1v) is 7.96. The number of anilines is 1. The quantitative estimate of drug-likeness (QED) is 0.521. The third kappa shape index (κ3) is 4.93. The fourth-order valence-electron chi connectivity index (χ4n) is 2.60. The molecule has 2 N–H and O–H groups in total. The lowest BCUT2D eigenvalue weighted by Crippen LogP contribution is -3.00. The predicted octanol–water partition coefficient (Wildman–Crippen LogP) is -0.0712. The zero-order valence-electron chi connectivity index (χ0n) is 14.1. The molecule has 0 radical (unpaired) electrons. The molecule has 0 unspecified atom stereocenters. The highest BCUT2D eigenvalue weighted by molar-refractivity contribution is 5.97. The Morgan fingerprint density at radius 2 is 1.89 bits per heavy atom. The van der Waals surface area contributed by atoms with Crippen molar-refractivity contribution < 1.29 is 35.8 Å². The summed E-state index contributed by atoms with van der Waals surface area (Å²) in [5.41, 5.74) is 1.87. The maximum absolute atomic E-state index is 12.6. The number of alkyl halides is 2. The zero-order chi connectivity index (χ0) is 18.5. The first-order valence-electron chi connectivity index (χ1n) is 7.96. The van der Waals surface area contributed by atoms with Gasteiger partial charge in [0, 0.05) is 12.1 Å². The molecule has 6 nitrogen and oxygen atoms in total. The standard InChI is InChI=1S/C18H17F2N3O3.ClH/c19-17(20)26-13-7-5-12(6-8-13)16(25)11-23-15-4-2-1-3-14(15)22-18(23)21-9-10-24;/h1-8,17,24H,9-11H2,(H,21,22);1H/p-1. The topological polar surface area (TPSA) is 76.4 Å². The number of Topliss-reactive ketones (excluding diaryl/α,β-unsaturated/α-hetero) is 1. The molecule has 0 aliphatic carbocycles. The molecule has 9 heteroatoms. The van der Waals surface area contributed by atoms with Gasteiger partial charge in [-0.05, 0) is 36.4 Å². The second-order valence-corrected chi connectivity index (χ2v) is 5.49. The summed E-state index contributed by atoms with van der Waals surface area (Å²) in [5.74, 6) is 0.269. The van der Waals surface area contributed by atoms with Gasteiger partial charge in [0.05, 0.1) is 24.2 Å². The fourth-order valence-corrected chi connectivity index (χ4v) is 2.60. The molecule has 0 atom stereocenters. The second kappa shape index (κ2) is 9.29. The SMILES string of the molecule is O=C(Cn1c(NCCO)nc2ccccc21)c1ccc(OC(F)F)cc1.[Cl-]. The minimum Gasteiger partial charge on any atom is -1.00 e.